The van der Waals surface area contributed by atoms with E-state index in [1.165, 1.54) is 18.2 Å². The quantitative estimate of drug-likeness (QED) is 0.585. The molecule has 0 atom stereocenters. The molecular formula is C10H14N2O2S. The zero-order chi connectivity index (χ0) is 11.3. The number of carbonyl (C=O) groups is 1. The monoisotopic (exact) mass is 226 g/mol. The van der Waals surface area contributed by atoms with Gasteiger partial charge in [-0.05, 0) is 25.5 Å². The van der Waals surface area contributed by atoms with E-state index in [0.717, 1.165) is 25.9 Å². The number of hydrogen-bond donors (Lipinski definition) is 1. The fourth-order valence-electron chi connectivity index (χ4n) is 1.67. The lowest BCUT2D eigenvalue weighted by Crippen LogP contribution is -2.29. The maximum absolute atomic E-state index is 10.9. The Labute approximate surface area is 93.6 Å². The van der Waals surface area contributed by atoms with Crippen LogP contribution in [0.1, 0.15) is 19.3 Å². The molecule has 0 aliphatic carbocycles. The van der Waals surface area contributed by atoms with E-state index in [2.05, 4.69) is 0 Å². The Morgan fingerprint density at radius 1 is 1.40 bits per heavy atom. The van der Waals surface area contributed by atoms with Crippen LogP contribution in [0.25, 0.3) is 0 Å². The van der Waals surface area contributed by atoms with Crippen LogP contribution in [-0.2, 0) is 4.79 Å². The van der Waals surface area contributed by atoms with Gasteiger partial charge in [0.1, 0.15) is 6.07 Å². The van der Waals surface area contributed by atoms with E-state index < -0.39 is 5.97 Å². The lowest BCUT2D eigenvalue weighted by atomic mass is 10.1. The number of piperidine rings is 1. The summed E-state index contributed by atoms with van der Waals surface area (Å²) in [5, 5.41) is 18.3. The molecule has 5 heteroatoms. The molecule has 0 amide bonds. The van der Waals surface area contributed by atoms with Crippen LogP contribution in [0.3, 0.4) is 0 Å². The zero-order valence-corrected chi connectivity index (χ0v) is 9.51. The lowest BCUT2D eigenvalue weighted by molar-refractivity contribution is -0.132. The van der Waals surface area contributed by atoms with Gasteiger partial charge in [0.15, 0.2) is 5.57 Å². The first-order valence-electron chi connectivity index (χ1n) is 4.87. The van der Waals surface area contributed by atoms with Crippen molar-refractivity contribution in [3.8, 4) is 6.07 Å². The Kier molecular flexibility index (Phi) is 4.50. The van der Waals surface area contributed by atoms with Crippen molar-refractivity contribution >= 4 is 17.7 Å². The van der Waals surface area contributed by atoms with Crippen LogP contribution in [0.5, 0.6) is 0 Å². The van der Waals surface area contributed by atoms with Crippen molar-refractivity contribution < 1.29 is 9.90 Å². The van der Waals surface area contributed by atoms with Gasteiger partial charge in [-0.1, -0.05) is 0 Å². The van der Waals surface area contributed by atoms with Crippen molar-refractivity contribution in [2.45, 2.75) is 19.3 Å². The van der Waals surface area contributed by atoms with Gasteiger partial charge < -0.3 is 10.0 Å². The summed E-state index contributed by atoms with van der Waals surface area (Å²) in [6.07, 6.45) is 5.14. The second kappa shape index (κ2) is 5.66. The van der Waals surface area contributed by atoms with Gasteiger partial charge in [-0.15, -0.1) is 11.8 Å². The number of nitriles is 1. The minimum atomic E-state index is -1.13. The van der Waals surface area contributed by atoms with E-state index in [-0.39, 0.29) is 5.57 Å². The van der Waals surface area contributed by atoms with Crippen molar-refractivity contribution in [2.24, 2.45) is 0 Å². The summed E-state index contributed by atoms with van der Waals surface area (Å²) in [4.78, 5) is 12.9. The minimum absolute atomic E-state index is 0.135. The number of thioether (sulfide) groups is 1. The molecule has 0 bridgehead atoms. The number of carboxylic acid groups (broad SMARTS) is 1. The third-order valence-corrected chi connectivity index (χ3v) is 3.23. The molecule has 0 aromatic carbocycles. The van der Waals surface area contributed by atoms with Crippen LogP contribution >= 0.6 is 11.8 Å². The zero-order valence-electron chi connectivity index (χ0n) is 8.69. The molecule has 1 heterocycles. The molecule has 1 saturated heterocycles. The van der Waals surface area contributed by atoms with Crippen molar-refractivity contribution in [1.29, 1.82) is 5.26 Å². The van der Waals surface area contributed by atoms with Gasteiger partial charge in [0.25, 0.3) is 0 Å². The number of nitrogens with zero attached hydrogens (tertiary/aromatic N) is 2. The molecule has 0 spiro atoms. The Morgan fingerprint density at radius 3 is 2.40 bits per heavy atom. The molecular weight excluding hydrogens is 212 g/mol. The first kappa shape index (κ1) is 11.9. The second-order valence-electron chi connectivity index (χ2n) is 3.35. The smallest absolute Gasteiger partial charge is 0.349 e. The van der Waals surface area contributed by atoms with Crippen LogP contribution in [0.2, 0.25) is 0 Å². The van der Waals surface area contributed by atoms with Crippen molar-refractivity contribution in [3.05, 3.63) is 10.6 Å². The summed E-state index contributed by atoms with van der Waals surface area (Å²) in [5.74, 6) is -1.13. The molecule has 0 aromatic rings. The van der Waals surface area contributed by atoms with Crippen LogP contribution in [0, 0.1) is 11.3 Å². The fourth-order valence-corrected chi connectivity index (χ4v) is 2.45. The number of hydrogen-bond acceptors (Lipinski definition) is 4. The number of rotatable bonds is 3. The number of aliphatic carboxylic acids is 1. The van der Waals surface area contributed by atoms with Crippen molar-refractivity contribution in [3.63, 3.8) is 0 Å². The van der Waals surface area contributed by atoms with Crippen LogP contribution < -0.4 is 0 Å². The number of carboxylic acids is 1. The lowest BCUT2D eigenvalue weighted by Gasteiger charge is -2.30. The maximum Gasteiger partial charge on any atom is 0.349 e. The molecule has 15 heavy (non-hydrogen) atoms. The van der Waals surface area contributed by atoms with E-state index in [1.807, 2.05) is 11.2 Å². The van der Waals surface area contributed by atoms with Gasteiger partial charge in [-0.3, -0.25) is 0 Å². The van der Waals surface area contributed by atoms with Crippen molar-refractivity contribution in [2.75, 3.05) is 19.3 Å². The van der Waals surface area contributed by atoms with Crippen molar-refractivity contribution in [1.82, 2.24) is 4.90 Å². The van der Waals surface area contributed by atoms with E-state index in [4.69, 9.17) is 10.4 Å². The van der Waals surface area contributed by atoms with E-state index in [9.17, 15) is 4.79 Å². The first-order valence-corrected chi connectivity index (χ1v) is 6.09. The molecule has 1 aliphatic heterocycles. The van der Waals surface area contributed by atoms with Gasteiger partial charge in [0.2, 0.25) is 0 Å². The van der Waals surface area contributed by atoms with Gasteiger partial charge in [0, 0.05) is 13.1 Å². The summed E-state index contributed by atoms with van der Waals surface area (Å²) in [6, 6.07) is 1.77. The third-order valence-electron chi connectivity index (χ3n) is 2.38. The third kappa shape index (κ3) is 2.90. The van der Waals surface area contributed by atoms with Gasteiger partial charge in [-0.25, -0.2) is 4.79 Å². The highest BCUT2D eigenvalue weighted by molar-refractivity contribution is 8.02. The average molecular weight is 226 g/mol. The highest BCUT2D eigenvalue weighted by Gasteiger charge is 2.20. The molecule has 0 radical (unpaired) electrons. The predicted molar refractivity (Wildman–Crippen MR) is 59.2 cm³/mol. The standard InChI is InChI=1S/C10H14N2O2S/c1-15-9(8(7-11)10(13)14)12-5-3-2-4-6-12/h2-6H2,1H3,(H,13,14)/b9-8+. The van der Waals surface area contributed by atoms with Gasteiger partial charge in [-0.2, -0.15) is 5.26 Å². The Balaban J connectivity index is 2.93. The normalized spacial score (nSPS) is 18.0. The second-order valence-corrected chi connectivity index (χ2v) is 4.14. The molecule has 1 fully saturated rings. The average Bonchev–Trinajstić information content (AvgIpc) is 2.26. The number of likely N-dealkylation sites (tertiary alicyclic amines) is 1. The van der Waals surface area contributed by atoms with Crippen LogP contribution in [0.15, 0.2) is 10.6 Å². The molecule has 0 saturated carbocycles. The summed E-state index contributed by atoms with van der Waals surface area (Å²) in [7, 11) is 0. The summed E-state index contributed by atoms with van der Waals surface area (Å²) in [6.45, 7) is 1.71. The Bertz CT molecular complexity index is 314. The predicted octanol–water partition coefficient (Wildman–Crippen LogP) is 1.66. The Hall–Kier alpha value is -1.15. The molecule has 82 valence electrons. The molecule has 0 aromatic heterocycles. The molecule has 1 N–H and O–H groups in total. The van der Waals surface area contributed by atoms with Crippen LogP contribution in [0.4, 0.5) is 0 Å². The summed E-state index contributed by atoms with van der Waals surface area (Å²) in [5.41, 5.74) is -0.135. The Morgan fingerprint density at radius 2 is 2.00 bits per heavy atom. The minimum Gasteiger partial charge on any atom is -0.477 e. The summed E-state index contributed by atoms with van der Waals surface area (Å²) < 4.78 is 0. The van der Waals surface area contributed by atoms with Crippen LogP contribution in [-0.4, -0.2) is 35.3 Å². The molecule has 1 rings (SSSR count). The summed E-state index contributed by atoms with van der Waals surface area (Å²) >= 11 is 1.34. The first-order chi connectivity index (χ1) is 7.20. The molecule has 4 nitrogen and oxygen atoms in total. The van der Waals surface area contributed by atoms with E-state index in [0.29, 0.717) is 5.03 Å². The van der Waals surface area contributed by atoms with Gasteiger partial charge in [0.05, 0.1) is 5.03 Å². The highest BCUT2D eigenvalue weighted by Crippen LogP contribution is 2.25. The molecule has 0 unspecified atom stereocenters. The largest absolute Gasteiger partial charge is 0.477 e. The fraction of sp³-hybridized carbons (Fsp3) is 0.600. The van der Waals surface area contributed by atoms with Gasteiger partial charge >= 0.3 is 5.97 Å². The SMILES string of the molecule is CS/C(=C(\C#N)C(=O)O)N1CCCCC1. The maximum atomic E-state index is 10.9. The topological polar surface area (TPSA) is 64.3 Å². The highest BCUT2D eigenvalue weighted by atomic mass is 32.2. The molecule has 1 aliphatic rings. The van der Waals surface area contributed by atoms with E-state index in [1.54, 1.807) is 6.07 Å². The van der Waals surface area contributed by atoms with E-state index >= 15 is 0 Å².